The smallest absolute Gasteiger partial charge is 0.311 e. The summed E-state index contributed by atoms with van der Waals surface area (Å²) >= 11 is 0. The first kappa shape index (κ1) is 18.5. The Morgan fingerprint density at radius 3 is 2.35 bits per heavy atom. The van der Waals surface area contributed by atoms with Gasteiger partial charge in [-0.1, -0.05) is 52.8 Å². The van der Waals surface area contributed by atoms with Gasteiger partial charge < -0.3 is 9.84 Å². The Morgan fingerprint density at radius 1 is 1.08 bits per heavy atom. The number of hydrogen-bond donors (Lipinski definition) is 1. The molecule has 1 aliphatic rings. The summed E-state index contributed by atoms with van der Waals surface area (Å²) < 4.78 is 5.43. The number of carbonyl (C=O) groups is 1. The molecule has 3 nitrogen and oxygen atoms in total. The Labute approximate surface area is 156 Å². The lowest BCUT2D eigenvalue weighted by molar-refractivity contribution is -0.135. The lowest BCUT2D eigenvalue weighted by atomic mass is 9.75. The Hall–Kier alpha value is -2.29. The maximum absolute atomic E-state index is 11.9. The summed E-state index contributed by atoms with van der Waals surface area (Å²) in [6.45, 7) is 10.7. The number of ether oxygens (including phenoxy) is 1. The fraction of sp³-hybridized carbons (Fsp3) is 0.435. The molecule has 3 rings (SSSR count). The predicted molar refractivity (Wildman–Crippen MR) is 104 cm³/mol. The standard InChI is InChI=1S/C23H28O3/c1-15(2)12-21(25)26-18-9-6-16(7-10-18)23(5)14-22(3,4)19-11-8-17(24)13-20(19)23/h6-11,13,15,24H,12,14H2,1-5H3. The number of hydrogen-bond acceptors (Lipinski definition) is 3. The fourth-order valence-electron chi connectivity index (χ4n) is 4.31. The molecule has 0 fully saturated rings. The van der Waals surface area contributed by atoms with Crippen molar-refractivity contribution in [3.05, 3.63) is 59.2 Å². The Morgan fingerprint density at radius 2 is 1.73 bits per heavy atom. The second-order valence-electron chi connectivity index (χ2n) is 8.72. The van der Waals surface area contributed by atoms with Gasteiger partial charge in [-0.25, -0.2) is 0 Å². The Bertz CT molecular complexity index is 818. The molecule has 2 aromatic rings. The molecule has 0 saturated carbocycles. The molecule has 0 aliphatic heterocycles. The maximum Gasteiger partial charge on any atom is 0.311 e. The predicted octanol–water partition coefficient (Wildman–Crippen LogP) is 5.33. The molecule has 1 N–H and O–H groups in total. The van der Waals surface area contributed by atoms with Crippen LogP contribution in [0.15, 0.2) is 42.5 Å². The zero-order valence-electron chi connectivity index (χ0n) is 16.3. The highest BCUT2D eigenvalue weighted by molar-refractivity contribution is 5.72. The zero-order chi connectivity index (χ0) is 19.1. The molecular formula is C23H28O3. The van der Waals surface area contributed by atoms with E-state index in [0.717, 1.165) is 6.42 Å². The van der Waals surface area contributed by atoms with Gasteiger partial charge in [-0.2, -0.15) is 0 Å². The van der Waals surface area contributed by atoms with E-state index >= 15 is 0 Å². The highest BCUT2D eigenvalue weighted by atomic mass is 16.5. The zero-order valence-corrected chi connectivity index (χ0v) is 16.3. The molecule has 2 aromatic carbocycles. The molecule has 138 valence electrons. The van der Waals surface area contributed by atoms with Crippen molar-refractivity contribution >= 4 is 5.97 Å². The number of benzene rings is 2. The fourth-order valence-corrected chi connectivity index (χ4v) is 4.31. The summed E-state index contributed by atoms with van der Waals surface area (Å²) in [6.07, 6.45) is 1.38. The van der Waals surface area contributed by atoms with Crippen molar-refractivity contribution in [3.8, 4) is 11.5 Å². The van der Waals surface area contributed by atoms with E-state index < -0.39 is 0 Å². The van der Waals surface area contributed by atoms with Crippen molar-refractivity contribution in [2.75, 3.05) is 0 Å². The third kappa shape index (κ3) is 3.35. The minimum atomic E-state index is -0.198. The van der Waals surface area contributed by atoms with E-state index in [1.54, 1.807) is 6.07 Å². The summed E-state index contributed by atoms with van der Waals surface area (Å²) in [4.78, 5) is 11.9. The molecule has 0 heterocycles. The van der Waals surface area contributed by atoms with Gasteiger partial charge in [-0.05, 0) is 58.7 Å². The second kappa shape index (κ2) is 6.46. The van der Waals surface area contributed by atoms with Crippen molar-refractivity contribution in [1.29, 1.82) is 0 Å². The van der Waals surface area contributed by atoms with E-state index in [2.05, 4.69) is 20.8 Å². The van der Waals surface area contributed by atoms with Gasteiger partial charge in [0.25, 0.3) is 0 Å². The van der Waals surface area contributed by atoms with Crippen molar-refractivity contribution < 1.29 is 14.6 Å². The van der Waals surface area contributed by atoms with E-state index in [1.165, 1.54) is 16.7 Å². The lowest BCUT2D eigenvalue weighted by Crippen LogP contribution is -2.23. The first-order chi connectivity index (χ1) is 12.1. The third-order valence-electron chi connectivity index (χ3n) is 5.42. The van der Waals surface area contributed by atoms with Crippen LogP contribution in [0, 0.1) is 5.92 Å². The molecule has 1 unspecified atom stereocenters. The van der Waals surface area contributed by atoms with Gasteiger partial charge in [-0.15, -0.1) is 0 Å². The van der Waals surface area contributed by atoms with E-state index in [9.17, 15) is 9.90 Å². The van der Waals surface area contributed by atoms with Crippen LogP contribution in [0.25, 0.3) is 0 Å². The second-order valence-corrected chi connectivity index (χ2v) is 8.72. The Kier molecular flexibility index (Phi) is 4.60. The van der Waals surface area contributed by atoms with Gasteiger partial charge >= 0.3 is 5.97 Å². The minimum Gasteiger partial charge on any atom is -0.508 e. The van der Waals surface area contributed by atoms with E-state index in [0.29, 0.717) is 17.9 Å². The minimum absolute atomic E-state index is 0.0419. The van der Waals surface area contributed by atoms with E-state index in [-0.39, 0.29) is 22.7 Å². The van der Waals surface area contributed by atoms with Crippen LogP contribution in [0.2, 0.25) is 0 Å². The van der Waals surface area contributed by atoms with Gasteiger partial charge in [0.1, 0.15) is 11.5 Å². The number of carbonyl (C=O) groups excluding carboxylic acids is 1. The molecule has 0 saturated heterocycles. The first-order valence-corrected chi connectivity index (χ1v) is 9.27. The van der Waals surface area contributed by atoms with Crippen molar-refractivity contribution in [3.63, 3.8) is 0 Å². The molecule has 0 radical (unpaired) electrons. The van der Waals surface area contributed by atoms with Crippen LogP contribution in [0.4, 0.5) is 0 Å². The van der Waals surface area contributed by atoms with Crippen LogP contribution < -0.4 is 4.74 Å². The SMILES string of the molecule is CC(C)CC(=O)Oc1ccc(C2(C)CC(C)(C)c3ccc(O)cc32)cc1. The summed E-state index contributed by atoms with van der Waals surface area (Å²) in [6, 6.07) is 13.5. The summed E-state index contributed by atoms with van der Waals surface area (Å²) in [7, 11) is 0. The number of phenols is 1. The normalized spacial score (nSPS) is 20.8. The molecular weight excluding hydrogens is 324 g/mol. The monoisotopic (exact) mass is 352 g/mol. The lowest BCUT2D eigenvalue weighted by Gasteiger charge is -2.28. The average Bonchev–Trinajstić information content (AvgIpc) is 2.74. The van der Waals surface area contributed by atoms with Gasteiger partial charge in [0.15, 0.2) is 0 Å². The van der Waals surface area contributed by atoms with Gasteiger partial charge in [-0.3, -0.25) is 4.79 Å². The summed E-state index contributed by atoms with van der Waals surface area (Å²) in [5.74, 6) is 0.963. The molecule has 0 amide bonds. The van der Waals surface area contributed by atoms with Gasteiger partial charge in [0.2, 0.25) is 0 Å². The van der Waals surface area contributed by atoms with Crippen LogP contribution in [0.3, 0.4) is 0 Å². The van der Waals surface area contributed by atoms with Crippen LogP contribution in [0.5, 0.6) is 11.5 Å². The number of phenolic OH excluding ortho intramolecular Hbond substituents is 1. The molecule has 0 aromatic heterocycles. The largest absolute Gasteiger partial charge is 0.508 e. The molecule has 1 atom stereocenters. The van der Waals surface area contributed by atoms with E-state index in [1.807, 2.05) is 50.2 Å². The van der Waals surface area contributed by atoms with Crippen molar-refractivity contribution in [2.24, 2.45) is 5.92 Å². The molecule has 0 bridgehead atoms. The first-order valence-electron chi connectivity index (χ1n) is 9.27. The van der Waals surface area contributed by atoms with Crippen LogP contribution >= 0.6 is 0 Å². The topological polar surface area (TPSA) is 46.5 Å². The quantitative estimate of drug-likeness (QED) is 0.597. The summed E-state index contributed by atoms with van der Waals surface area (Å²) in [5, 5.41) is 10.0. The highest BCUT2D eigenvalue weighted by Crippen LogP contribution is 2.53. The van der Waals surface area contributed by atoms with E-state index in [4.69, 9.17) is 4.74 Å². The average molecular weight is 352 g/mol. The van der Waals surface area contributed by atoms with Crippen LogP contribution in [-0.4, -0.2) is 11.1 Å². The molecule has 0 spiro atoms. The molecule has 3 heteroatoms. The molecule has 26 heavy (non-hydrogen) atoms. The van der Waals surface area contributed by atoms with Crippen molar-refractivity contribution in [1.82, 2.24) is 0 Å². The molecule has 1 aliphatic carbocycles. The number of esters is 1. The van der Waals surface area contributed by atoms with Crippen LogP contribution in [0.1, 0.15) is 64.2 Å². The van der Waals surface area contributed by atoms with Gasteiger partial charge in [0, 0.05) is 11.8 Å². The third-order valence-corrected chi connectivity index (χ3v) is 5.42. The van der Waals surface area contributed by atoms with Gasteiger partial charge in [0.05, 0.1) is 0 Å². The number of rotatable bonds is 4. The number of fused-ring (bicyclic) bond motifs is 1. The Balaban J connectivity index is 1.90. The maximum atomic E-state index is 11.9. The van der Waals surface area contributed by atoms with Crippen LogP contribution in [-0.2, 0) is 15.6 Å². The highest BCUT2D eigenvalue weighted by Gasteiger charge is 2.45. The number of aromatic hydroxyl groups is 1. The van der Waals surface area contributed by atoms with Crippen molar-refractivity contribution in [2.45, 2.75) is 58.3 Å². The summed E-state index contributed by atoms with van der Waals surface area (Å²) in [5.41, 5.74) is 3.48.